The van der Waals surface area contributed by atoms with Crippen molar-refractivity contribution in [1.29, 1.82) is 0 Å². The molecule has 2 aromatic carbocycles. The Balaban J connectivity index is 1.53. The number of amides is 2. The van der Waals surface area contributed by atoms with Crippen LogP contribution in [-0.4, -0.2) is 60.2 Å². The Bertz CT molecular complexity index is 812. The van der Waals surface area contributed by atoms with Gasteiger partial charge in [0, 0.05) is 31.1 Å². The van der Waals surface area contributed by atoms with E-state index < -0.39 is 6.61 Å². The number of ether oxygens (including phenoxy) is 1. The van der Waals surface area contributed by atoms with Gasteiger partial charge in [-0.05, 0) is 24.3 Å². The van der Waals surface area contributed by atoms with E-state index in [1.165, 1.54) is 30.0 Å². The van der Waals surface area contributed by atoms with Crippen molar-refractivity contribution in [2.24, 2.45) is 0 Å². The molecule has 0 radical (unpaired) electrons. The maximum atomic E-state index is 12.7. The lowest BCUT2D eigenvalue weighted by molar-refractivity contribution is -0.129. The summed E-state index contributed by atoms with van der Waals surface area (Å²) < 4.78 is 29.5. The molecule has 1 aliphatic heterocycles. The first-order valence-electron chi connectivity index (χ1n) is 8.83. The molecule has 28 heavy (non-hydrogen) atoms. The van der Waals surface area contributed by atoms with Crippen LogP contribution in [0.3, 0.4) is 0 Å². The lowest BCUT2D eigenvalue weighted by atomic mass is 10.1. The molecule has 0 spiro atoms. The molecule has 0 aliphatic carbocycles. The third-order valence-electron chi connectivity index (χ3n) is 4.36. The summed E-state index contributed by atoms with van der Waals surface area (Å²) in [7, 11) is 0. The van der Waals surface area contributed by atoms with Gasteiger partial charge in [-0.3, -0.25) is 9.59 Å². The summed E-state index contributed by atoms with van der Waals surface area (Å²) in [5.41, 5.74) is 0.0993. The molecule has 1 heterocycles. The van der Waals surface area contributed by atoms with Gasteiger partial charge in [-0.15, -0.1) is 11.8 Å². The molecule has 0 saturated carbocycles. The van der Waals surface area contributed by atoms with Crippen LogP contribution in [0.2, 0.25) is 0 Å². The summed E-state index contributed by atoms with van der Waals surface area (Å²) in [5.74, 6) is -0.159. The minimum absolute atomic E-state index is 0.0161. The molecule has 148 valence electrons. The maximum Gasteiger partial charge on any atom is 0.387 e. The van der Waals surface area contributed by atoms with Crippen molar-refractivity contribution in [2.45, 2.75) is 11.5 Å². The molecule has 1 saturated heterocycles. The number of hydrogen-bond acceptors (Lipinski definition) is 4. The zero-order valence-corrected chi connectivity index (χ0v) is 15.9. The third-order valence-corrected chi connectivity index (χ3v) is 5.36. The minimum atomic E-state index is -2.99. The lowest BCUT2D eigenvalue weighted by Crippen LogP contribution is -2.51. The van der Waals surface area contributed by atoms with Gasteiger partial charge in [0.25, 0.3) is 5.91 Å². The van der Waals surface area contributed by atoms with Crippen molar-refractivity contribution in [3.8, 4) is 5.75 Å². The number of carbonyl (C=O) groups excluding carboxylic acids is 2. The normalized spacial score (nSPS) is 14.2. The molecule has 1 aliphatic rings. The van der Waals surface area contributed by atoms with Gasteiger partial charge >= 0.3 is 6.61 Å². The van der Waals surface area contributed by atoms with E-state index in [0.29, 0.717) is 31.9 Å². The number of carbonyl (C=O) groups is 2. The van der Waals surface area contributed by atoms with Gasteiger partial charge in [0.1, 0.15) is 5.75 Å². The van der Waals surface area contributed by atoms with E-state index in [1.54, 1.807) is 15.9 Å². The molecule has 2 aromatic rings. The van der Waals surface area contributed by atoms with Gasteiger partial charge in [0.05, 0.1) is 11.3 Å². The smallest absolute Gasteiger partial charge is 0.387 e. The number of piperazine rings is 1. The van der Waals surface area contributed by atoms with Crippen molar-refractivity contribution in [3.05, 3.63) is 60.2 Å². The largest absolute Gasteiger partial charge is 0.434 e. The summed E-state index contributed by atoms with van der Waals surface area (Å²) in [5, 5.41) is 0. The zero-order chi connectivity index (χ0) is 19.9. The molecule has 0 atom stereocenters. The molecular formula is C20H20F2N2O3S. The van der Waals surface area contributed by atoms with Crippen molar-refractivity contribution < 1.29 is 23.1 Å². The van der Waals surface area contributed by atoms with Gasteiger partial charge in [0.2, 0.25) is 5.91 Å². The van der Waals surface area contributed by atoms with E-state index in [0.717, 1.165) is 4.90 Å². The van der Waals surface area contributed by atoms with Crippen molar-refractivity contribution in [1.82, 2.24) is 9.80 Å². The summed E-state index contributed by atoms with van der Waals surface area (Å²) in [6.07, 6.45) is 0. The first-order valence-corrected chi connectivity index (χ1v) is 9.82. The highest BCUT2D eigenvalue weighted by molar-refractivity contribution is 8.00. The number of nitrogens with zero attached hydrogens (tertiary/aromatic N) is 2. The molecule has 0 bridgehead atoms. The zero-order valence-electron chi connectivity index (χ0n) is 15.1. The fraction of sp³-hybridized carbons (Fsp3) is 0.300. The lowest BCUT2D eigenvalue weighted by Gasteiger charge is -2.35. The highest BCUT2D eigenvalue weighted by Gasteiger charge is 2.26. The number of thioether (sulfide) groups is 1. The molecule has 2 amide bonds. The van der Waals surface area contributed by atoms with Gasteiger partial charge in [-0.1, -0.05) is 30.3 Å². The van der Waals surface area contributed by atoms with Crippen LogP contribution in [0.1, 0.15) is 10.4 Å². The van der Waals surface area contributed by atoms with E-state index in [-0.39, 0.29) is 23.1 Å². The number of rotatable bonds is 6. The fourth-order valence-corrected chi connectivity index (χ4v) is 3.75. The quantitative estimate of drug-likeness (QED) is 0.691. The summed E-state index contributed by atoms with van der Waals surface area (Å²) in [4.78, 5) is 29.4. The number of benzene rings is 2. The average Bonchev–Trinajstić information content (AvgIpc) is 2.72. The minimum Gasteiger partial charge on any atom is -0.434 e. The Morgan fingerprint density at radius 2 is 1.54 bits per heavy atom. The van der Waals surface area contributed by atoms with Crippen LogP contribution in [0.4, 0.5) is 8.78 Å². The molecule has 5 nitrogen and oxygen atoms in total. The van der Waals surface area contributed by atoms with Crippen LogP contribution < -0.4 is 4.74 Å². The fourth-order valence-electron chi connectivity index (χ4n) is 2.92. The SMILES string of the molecule is O=C(CSc1ccccc1)N1CCN(C(=O)c2ccccc2OC(F)F)CC1. The standard InChI is InChI=1S/C20H20F2N2O3S/c21-20(22)27-17-9-5-4-8-16(17)19(26)24-12-10-23(11-13-24)18(25)14-28-15-6-2-1-3-7-15/h1-9,20H,10-14H2. The predicted octanol–water partition coefficient (Wildman–Crippen LogP) is 3.36. The molecule has 3 rings (SSSR count). The van der Waals surface area contributed by atoms with Crippen LogP contribution >= 0.6 is 11.8 Å². The summed E-state index contributed by atoms with van der Waals surface area (Å²) in [6.45, 7) is -1.46. The third kappa shape index (κ3) is 5.22. The highest BCUT2D eigenvalue weighted by atomic mass is 32.2. The van der Waals surface area contributed by atoms with E-state index in [4.69, 9.17) is 0 Å². The van der Waals surface area contributed by atoms with E-state index in [1.807, 2.05) is 30.3 Å². The van der Waals surface area contributed by atoms with E-state index in [2.05, 4.69) is 4.74 Å². The monoisotopic (exact) mass is 406 g/mol. The number of alkyl halides is 2. The summed E-state index contributed by atoms with van der Waals surface area (Å²) >= 11 is 1.47. The van der Waals surface area contributed by atoms with Crippen molar-refractivity contribution in [2.75, 3.05) is 31.9 Å². The highest BCUT2D eigenvalue weighted by Crippen LogP contribution is 2.23. The molecule has 0 N–H and O–H groups in total. The van der Waals surface area contributed by atoms with E-state index in [9.17, 15) is 18.4 Å². The predicted molar refractivity (Wildman–Crippen MR) is 103 cm³/mol. The van der Waals surface area contributed by atoms with E-state index >= 15 is 0 Å². The van der Waals surface area contributed by atoms with Crippen LogP contribution in [0, 0.1) is 0 Å². The number of hydrogen-bond donors (Lipinski definition) is 0. The first kappa shape index (κ1) is 20.1. The van der Waals surface area contributed by atoms with Crippen LogP contribution in [0.15, 0.2) is 59.5 Å². The van der Waals surface area contributed by atoms with Gasteiger partial charge in [-0.2, -0.15) is 8.78 Å². The van der Waals surface area contributed by atoms with Crippen LogP contribution in [-0.2, 0) is 4.79 Å². The first-order chi connectivity index (χ1) is 13.5. The molecule has 0 unspecified atom stereocenters. The molecule has 1 fully saturated rings. The summed E-state index contributed by atoms with van der Waals surface area (Å²) in [6, 6.07) is 15.6. The Morgan fingerprint density at radius 3 is 2.21 bits per heavy atom. The van der Waals surface area contributed by atoms with Crippen molar-refractivity contribution >= 4 is 23.6 Å². The molecule has 8 heteroatoms. The Kier molecular flexibility index (Phi) is 6.86. The maximum absolute atomic E-state index is 12.7. The second-order valence-electron chi connectivity index (χ2n) is 6.15. The number of para-hydroxylation sites is 1. The topological polar surface area (TPSA) is 49.9 Å². The second kappa shape index (κ2) is 9.54. The second-order valence-corrected chi connectivity index (χ2v) is 7.20. The van der Waals surface area contributed by atoms with Crippen molar-refractivity contribution in [3.63, 3.8) is 0 Å². The Labute approximate surface area is 166 Å². The van der Waals surface area contributed by atoms with Gasteiger partial charge in [-0.25, -0.2) is 0 Å². The molecule has 0 aromatic heterocycles. The van der Waals surface area contributed by atoms with Gasteiger partial charge < -0.3 is 14.5 Å². The Morgan fingerprint density at radius 1 is 0.929 bits per heavy atom. The Hall–Kier alpha value is -2.61. The van der Waals surface area contributed by atoms with Crippen LogP contribution in [0.25, 0.3) is 0 Å². The molecular weight excluding hydrogens is 386 g/mol. The number of halogens is 2. The average molecular weight is 406 g/mol. The van der Waals surface area contributed by atoms with Gasteiger partial charge in [0.15, 0.2) is 0 Å². The van der Waals surface area contributed by atoms with Crippen LogP contribution in [0.5, 0.6) is 5.75 Å².